The van der Waals surface area contributed by atoms with Crippen molar-refractivity contribution in [1.29, 1.82) is 0 Å². The first-order valence-electron chi connectivity index (χ1n) is 11.0. The number of amides is 2. The molecule has 2 heterocycles. The Kier molecular flexibility index (Phi) is 6.95. The molecule has 32 heavy (non-hydrogen) atoms. The van der Waals surface area contributed by atoms with Gasteiger partial charge in [0.15, 0.2) is 0 Å². The van der Waals surface area contributed by atoms with E-state index < -0.39 is 0 Å². The first-order chi connectivity index (χ1) is 15.5. The van der Waals surface area contributed by atoms with Gasteiger partial charge in [-0.3, -0.25) is 9.59 Å². The number of nitrogens with one attached hydrogen (secondary N) is 2. The number of anilines is 1. The van der Waals surface area contributed by atoms with Gasteiger partial charge < -0.3 is 15.2 Å². The number of thioether (sulfide) groups is 1. The third-order valence-corrected chi connectivity index (χ3v) is 6.36. The lowest BCUT2D eigenvalue weighted by atomic mass is 10.1. The van der Waals surface area contributed by atoms with E-state index in [1.807, 2.05) is 56.3 Å². The summed E-state index contributed by atoms with van der Waals surface area (Å²) in [6.07, 6.45) is 5.55. The van der Waals surface area contributed by atoms with E-state index >= 15 is 0 Å². The molecule has 0 aliphatic carbocycles. The molecule has 4 rings (SSSR count). The van der Waals surface area contributed by atoms with Crippen molar-refractivity contribution in [1.82, 2.24) is 14.9 Å². The summed E-state index contributed by atoms with van der Waals surface area (Å²) in [4.78, 5) is 30.4. The van der Waals surface area contributed by atoms with Gasteiger partial charge in [0.25, 0.3) is 5.91 Å². The lowest BCUT2D eigenvalue weighted by Gasteiger charge is -2.11. The summed E-state index contributed by atoms with van der Waals surface area (Å²) >= 11 is 1.37. The maximum atomic E-state index is 12.9. The first kappa shape index (κ1) is 22.1. The SMILES string of the molecule is CC(C)NC(=O)CSc1ccccc1C(=O)Nc1ccc(-c2cn3c(n2)CCCC3)cc1. The van der Waals surface area contributed by atoms with E-state index in [1.54, 1.807) is 6.07 Å². The highest BCUT2D eigenvalue weighted by atomic mass is 32.2. The molecule has 2 N–H and O–H groups in total. The summed E-state index contributed by atoms with van der Waals surface area (Å²) in [5.41, 5.74) is 3.29. The summed E-state index contributed by atoms with van der Waals surface area (Å²) < 4.78 is 2.24. The van der Waals surface area contributed by atoms with Crippen LogP contribution < -0.4 is 10.6 Å². The molecule has 2 aromatic carbocycles. The topological polar surface area (TPSA) is 76.0 Å². The Hall–Kier alpha value is -3.06. The molecule has 166 valence electrons. The van der Waals surface area contributed by atoms with E-state index in [1.165, 1.54) is 24.6 Å². The minimum Gasteiger partial charge on any atom is -0.353 e. The average Bonchev–Trinajstić information content (AvgIpc) is 3.22. The maximum Gasteiger partial charge on any atom is 0.256 e. The molecule has 6 nitrogen and oxygen atoms in total. The molecular weight excluding hydrogens is 420 g/mol. The number of fused-ring (bicyclic) bond motifs is 1. The Morgan fingerprint density at radius 3 is 2.62 bits per heavy atom. The van der Waals surface area contributed by atoms with Gasteiger partial charge in [-0.2, -0.15) is 0 Å². The summed E-state index contributed by atoms with van der Waals surface area (Å²) in [5.74, 6) is 1.19. The van der Waals surface area contributed by atoms with Crippen LogP contribution in [0, 0.1) is 0 Å². The van der Waals surface area contributed by atoms with Gasteiger partial charge in [0, 0.05) is 41.4 Å². The normalized spacial score (nSPS) is 13.0. The van der Waals surface area contributed by atoms with Gasteiger partial charge in [0.05, 0.1) is 17.0 Å². The quantitative estimate of drug-likeness (QED) is 0.511. The highest BCUT2D eigenvalue weighted by Gasteiger charge is 2.15. The van der Waals surface area contributed by atoms with Crippen LogP contribution in [0.4, 0.5) is 5.69 Å². The second-order valence-electron chi connectivity index (χ2n) is 8.23. The number of aryl methyl sites for hydroxylation is 2. The molecule has 0 bridgehead atoms. The highest BCUT2D eigenvalue weighted by molar-refractivity contribution is 8.00. The van der Waals surface area contributed by atoms with E-state index in [0.717, 1.165) is 40.6 Å². The summed E-state index contributed by atoms with van der Waals surface area (Å²) in [7, 11) is 0. The Labute approximate surface area is 192 Å². The number of benzene rings is 2. The number of rotatable bonds is 7. The molecular formula is C25H28N4O2S. The average molecular weight is 449 g/mol. The van der Waals surface area contributed by atoms with Crippen molar-refractivity contribution in [2.24, 2.45) is 0 Å². The number of aromatic nitrogens is 2. The number of hydrogen-bond acceptors (Lipinski definition) is 4. The van der Waals surface area contributed by atoms with Crippen molar-refractivity contribution < 1.29 is 9.59 Å². The molecule has 1 aliphatic heterocycles. The van der Waals surface area contributed by atoms with Crippen molar-refractivity contribution in [3.63, 3.8) is 0 Å². The minimum atomic E-state index is -0.192. The Morgan fingerprint density at radius 2 is 1.88 bits per heavy atom. The van der Waals surface area contributed by atoms with Crippen LogP contribution in [0.1, 0.15) is 42.9 Å². The number of carbonyl (C=O) groups is 2. The number of carbonyl (C=O) groups excluding carboxylic acids is 2. The van der Waals surface area contributed by atoms with Gasteiger partial charge in [-0.25, -0.2) is 4.98 Å². The van der Waals surface area contributed by atoms with E-state index in [9.17, 15) is 9.59 Å². The zero-order valence-corrected chi connectivity index (χ0v) is 19.2. The lowest BCUT2D eigenvalue weighted by molar-refractivity contribution is -0.119. The first-order valence-corrected chi connectivity index (χ1v) is 12.0. The van der Waals surface area contributed by atoms with E-state index in [0.29, 0.717) is 5.56 Å². The molecule has 1 aliphatic rings. The molecule has 0 saturated heterocycles. The second kappa shape index (κ2) is 10.0. The molecule has 0 atom stereocenters. The van der Waals surface area contributed by atoms with Gasteiger partial charge >= 0.3 is 0 Å². The van der Waals surface area contributed by atoms with Crippen LogP contribution >= 0.6 is 11.8 Å². The molecule has 1 aromatic heterocycles. The molecule has 0 spiro atoms. The number of imidazole rings is 1. The standard InChI is InChI=1S/C25H28N4O2S/c1-17(2)26-24(30)16-32-22-8-4-3-7-20(22)25(31)27-19-12-10-18(11-13-19)21-15-29-14-6-5-9-23(29)28-21/h3-4,7-8,10-13,15,17H,5-6,9,14,16H2,1-2H3,(H,26,30)(H,27,31). The van der Waals surface area contributed by atoms with E-state index in [4.69, 9.17) is 4.98 Å². The van der Waals surface area contributed by atoms with Gasteiger partial charge in [0.2, 0.25) is 5.91 Å². The van der Waals surface area contributed by atoms with Crippen LogP contribution in [0.25, 0.3) is 11.3 Å². The van der Waals surface area contributed by atoms with Crippen LogP contribution in [0.5, 0.6) is 0 Å². The van der Waals surface area contributed by atoms with Crippen molar-refractivity contribution in [2.75, 3.05) is 11.1 Å². The smallest absolute Gasteiger partial charge is 0.256 e. The van der Waals surface area contributed by atoms with Gasteiger partial charge in [-0.15, -0.1) is 11.8 Å². The van der Waals surface area contributed by atoms with Gasteiger partial charge in [0.1, 0.15) is 5.82 Å². The van der Waals surface area contributed by atoms with Crippen molar-refractivity contribution in [2.45, 2.75) is 50.6 Å². The monoisotopic (exact) mass is 448 g/mol. The Morgan fingerprint density at radius 1 is 1.09 bits per heavy atom. The molecule has 2 amide bonds. The van der Waals surface area contributed by atoms with Crippen LogP contribution in [0.3, 0.4) is 0 Å². The number of nitrogens with zero attached hydrogens (tertiary/aromatic N) is 2. The molecule has 0 unspecified atom stereocenters. The number of hydrogen-bond donors (Lipinski definition) is 2. The van der Waals surface area contributed by atoms with Crippen molar-refractivity contribution in [3.8, 4) is 11.3 Å². The third kappa shape index (κ3) is 5.40. The van der Waals surface area contributed by atoms with E-state index in [-0.39, 0.29) is 23.6 Å². The minimum absolute atomic E-state index is 0.0447. The lowest BCUT2D eigenvalue weighted by Crippen LogP contribution is -2.31. The Balaban J connectivity index is 1.42. The zero-order valence-electron chi connectivity index (χ0n) is 18.4. The highest BCUT2D eigenvalue weighted by Crippen LogP contribution is 2.26. The summed E-state index contributed by atoms with van der Waals surface area (Å²) in [5, 5.41) is 5.84. The van der Waals surface area contributed by atoms with Gasteiger partial charge in [-0.05, 0) is 51.0 Å². The summed E-state index contributed by atoms with van der Waals surface area (Å²) in [6, 6.07) is 15.2. The maximum absolute atomic E-state index is 12.9. The predicted molar refractivity (Wildman–Crippen MR) is 129 cm³/mol. The van der Waals surface area contributed by atoms with Crippen molar-refractivity contribution in [3.05, 3.63) is 66.1 Å². The fourth-order valence-electron chi connectivity index (χ4n) is 3.76. The predicted octanol–water partition coefficient (Wildman–Crippen LogP) is 4.76. The molecule has 0 saturated carbocycles. The van der Waals surface area contributed by atoms with Gasteiger partial charge in [-0.1, -0.05) is 24.3 Å². The van der Waals surface area contributed by atoms with E-state index in [2.05, 4.69) is 21.4 Å². The zero-order chi connectivity index (χ0) is 22.5. The second-order valence-corrected chi connectivity index (χ2v) is 9.25. The molecule has 0 fully saturated rings. The summed E-state index contributed by atoms with van der Waals surface area (Å²) in [6.45, 7) is 4.89. The largest absolute Gasteiger partial charge is 0.353 e. The van der Waals surface area contributed by atoms with Crippen molar-refractivity contribution >= 4 is 29.3 Å². The molecule has 0 radical (unpaired) electrons. The van der Waals surface area contributed by atoms with Crippen LogP contribution in [0.15, 0.2) is 59.6 Å². The van der Waals surface area contributed by atoms with Crippen LogP contribution in [0.2, 0.25) is 0 Å². The molecule has 3 aromatic rings. The molecule has 7 heteroatoms. The Bertz CT molecular complexity index is 1080. The third-order valence-electron chi connectivity index (χ3n) is 5.29. The fourth-order valence-corrected chi connectivity index (χ4v) is 4.62. The fraction of sp³-hybridized carbons (Fsp3) is 0.320. The van der Waals surface area contributed by atoms with Crippen LogP contribution in [-0.2, 0) is 17.8 Å². The van der Waals surface area contributed by atoms with Crippen LogP contribution in [-0.4, -0.2) is 33.2 Å².